The highest BCUT2D eigenvalue weighted by Gasteiger charge is 2.47. The summed E-state index contributed by atoms with van der Waals surface area (Å²) in [4.78, 5) is 25.6. The van der Waals surface area contributed by atoms with E-state index >= 15 is 0 Å². The van der Waals surface area contributed by atoms with Gasteiger partial charge in [-0.2, -0.15) is 5.26 Å². The minimum atomic E-state index is -1.01. The smallest absolute Gasteiger partial charge is 0.258 e. The van der Waals surface area contributed by atoms with Crippen LogP contribution in [0.4, 0.5) is 0 Å². The zero-order valence-electron chi connectivity index (χ0n) is 10.2. The van der Waals surface area contributed by atoms with Crippen LogP contribution < -0.4 is 0 Å². The molecule has 4 nitrogen and oxygen atoms in total. The SMILES string of the molecule is CCC(C)(C#N)N1C(=O)C2=C(CCCC2)C1=O. The zero-order chi connectivity index (χ0) is 12.6. The molecule has 0 spiro atoms. The maximum Gasteiger partial charge on any atom is 0.258 e. The molecule has 1 aliphatic carbocycles. The molecule has 4 heteroatoms. The molecule has 0 aromatic heterocycles. The molecule has 1 atom stereocenters. The first-order valence-electron chi connectivity index (χ1n) is 6.07. The molecular formula is C13H16N2O2. The molecule has 1 aliphatic heterocycles. The first-order valence-corrected chi connectivity index (χ1v) is 6.07. The van der Waals surface area contributed by atoms with Crippen LogP contribution >= 0.6 is 0 Å². The lowest BCUT2D eigenvalue weighted by Crippen LogP contribution is -2.49. The van der Waals surface area contributed by atoms with E-state index in [1.54, 1.807) is 6.92 Å². The summed E-state index contributed by atoms with van der Waals surface area (Å²) in [6.07, 6.45) is 3.74. The van der Waals surface area contributed by atoms with Crippen LogP contribution in [0.3, 0.4) is 0 Å². The van der Waals surface area contributed by atoms with Crippen LogP contribution in [0.1, 0.15) is 46.0 Å². The Hall–Kier alpha value is -1.63. The predicted octanol–water partition coefficient (Wildman–Crippen LogP) is 1.92. The van der Waals surface area contributed by atoms with Gasteiger partial charge in [0.15, 0.2) is 0 Å². The quantitative estimate of drug-likeness (QED) is 0.683. The van der Waals surface area contributed by atoms with Crippen LogP contribution in [-0.2, 0) is 9.59 Å². The van der Waals surface area contributed by atoms with Gasteiger partial charge in [0.2, 0.25) is 0 Å². The Bertz CT molecular complexity index is 431. The monoisotopic (exact) mass is 232 g/mol. The number of hydrogen-bond acceptors (Lipinski definition) is 3. The fourth-order valence-electron chi connectivity index (χ4n) is 2.47. The highest BCUT2D eigenvalue weighted by Crippen LogP contribution is 2.37. The highest BCUT2D eigenvalue weighted by atomic mass is 16.2. The molecule has 0 saturated carbocycles. The molecule has 90 valence electrons. The van der Waals surface area contributed by atoms with E-state index in [2.05, 4.69) is 6.07 Å². The molecule has 0 fully saturated rings. The minimum Gasteiger partial charge on any atom is -0.269 e. The topological polar surface area (TPSA) is 61.2 Å². The van der Waals surface area contributed by atoms with Crippen LogP contribution in [-0.4, -0.2) is 22.3 Å². The van der Waals surface area contributed by atoms with Crippen molar-refractivity contribution in [3.63, 3.8) is 0 Å². The summed E-state index contributed by atoms with van der Waals surface area (Å²) in [6.45, 7) is 3.47. The molecule has 0 radical (unpaired) electrons. The van der Waals surface area contributed by atoms with Crippen LogP contribution in [0.2, 0.25) is 0 Å². The van der Waals surface area contributed by atoms with E-state index < -0.39 is 5.54 Å². The molecule has 0 aromatic carbocycles. The van der Waals surface area contributed by atoms with Crippen LogP contribution in [0.15, 0.2) is 11.1 Å². The molecule has 2 amide bonds. The number of amides is 2. The lowest BCUT2D eigenvalue weighted by molar-refractivity contribution is -0.142. The van der Waals surface area contributed by atoms with E-state index in [0.29, 0.717) is 30.4 Å². The van der Waals surface area contributed by atoms with Gasteiger partial charge in [0.25, 0.3) is 11.8 Å². The number of carbonyl (C=O) groups excluding carboxylic acids is 2. The first kappa shape index (κ1) is 11.8. The summed E-state index contributed by atoms with van der Waals surface area (Å²) in [5.41, 5.74) is 0.290. The van der Waals surface area contributed by atoms with Crippen LogP contribution in [0.25, 0.3) is 0 Å². The molecular weight excluding hydrogens is 216 g/mol. The second-order valence-corrected chi connectivity index (χ2v) is 4.85. The van der Waals surface area contributed by atoms with Crippen molar-refractivity contribution >= 4 is 11.8 Å². The maximum atomic E-state index is 12.2. The fraction of sp³-hybridized carbons (Fsp3) is 0.615. The lowest BCUT2D eigenvalue weighted by Gasteiger charge is -2.30. The van der Waals surface area contributed by atoms with E-state index in [9.17, 15) is 14.9 Å². The fourth-order valence-corrected chi connectivity index (χ4v) is 2.47. The number of rotatable bonds is 2. The van der Waals surface area contributed by atoms with Gasteiger partial charge in [0.1, 0.15) is 5.54 Å². The number of nitriles is 1. The van der Waals surface area contributed by atoms with Crippen LogP contribution in [0, 0.1) is 11.3 Å². The summed E-state index contributed by atoms with van der Waals surface area (Å²) in [5.74, 6) is -0.480. The number of imide groups is 1. The van der Waals surface area contributed by atoms with E-state index in [1.807, 2.05) is 6.92 Å². The molecule has 17 heavy (non-hydrogen) atoms. The van der Waals surface area contributed by atoms with Crippen molar-refractivity contribution in [2.24, 2.45) is 0 Å². The van der Waals surface area contributed by atoms with Gasteiger partial charge in [-0.25, -0.2) is 0 Å². The van der Waals surface area contributed by atoms with Crippen LogP contribution in [0.5, 0.6) is 0 Å². The summed E-state index contributed by atoms with van der Waals surface area (Å²) in [6, 6.07) is 2.10. The normalized spacial score (nSPS) is 23.5. The molecule has 0 saturated heterocycles. The van der Waals surface area contributed by atoms with Gasteiger partial charge >= 0.3 is 0 Å². The second kappa shape index (κ2) is 3.99. The third-order valence-electron chi connectivity index (χ3n) is 3.81. The Labute approximate surface area is 101 Å². The summed E-state index contributed by atoms with van der Waals surface area (Å²) in [5, 5.41) is 9.20. The van der Waals surface area contributed by atoms with E-state index in [0.717, 1.165) is 12.8 Å². The van der Waals surface area contributed by atoms with Gasteiger partial charge < -0.3 is 0 Å². The van der Waals surface area contributed by atoms with Gasteiger partial charge in [0, 0.05) is 11.1 Å². The van der Waals surface area contributed by atoms with Crippen molar-refractivity contribution in [2.75, 3.05) is 0 Å². The van der Waals surface area contributed by atoms with E-state index in [1.165, 1.54) is 4.90 Å². The van der Waals surface area contributed by atoms with Crippen molar-refractivity contribution in [2.45, 2.75) is 51.5 Å². The molecule has 1 heterocycles. The average molecular weight is 232 g/mol. The Morgan fingerprint density at radius 1 is 1.24 bits per heavy atom. The van der Waals surface area contributed by atoms with Crippen molar-refractivity contribution < 1.29 is 9.59 Å². The van der Waals surface area contributed by atoms with Gasteiger partial charge in [0.05, 0.1) is 6.07 Å². The molecule has 1 unspecified atom stereocenters. The van der Waals surface area contributed by atoms with Crippen molar-refractivity contribution in [3.8, 4) is 6.07 Å². The Kier molecular flexibility index (Phi) is 2.78. The lowest BCUT2D eigenvalue weighted by atomic mass is 9.93. The average Bonchev–Trinajstić information content (AvgIpc) is 2.62. The molecule has 2 aliphatic rings. The van der Waals surface area contributed by atoms with Gasteiger partial charge in [-0.3, -0.25) is 14.5 Å². The van der Waals surface area contributed by atoms with Crippen molar-refractivity contribution in [1.29, 1.82) is 5.26 Å². The maximum absolute atomic E-state index is 12.2. The molecule has 2 rings (SSSR count). The second-order valence-electron chi connectivity index (χ2n) is 4.85. The standard InChI is InChI=1S/C13H16N2O2/c1-3-13(2,8-14)15-11(16)9-6-4-5-7-10(9)12(15)17/h3-7H2,1-2H3. The van der Waals surface area contributed by atoms with E-state index in [4.69, 9.17) is 0 Å². The highest BCUT2D eigenvalue weighted by molar-refractivity contribution is 6.20. The third-order valence-corrected chi connectivity index (χ3v) is 3.81. The number of hydrogen-bond donors (Lipinski definition) is 0. The third kappa shape index (κ3) is 1.57. The number of carbonyl (C=O) groups is 2. The summed E-state index contributed by atoms with van der Waals surface area (Å²) >= 11 is 0. The Morgan fingerprint density at radius 3 is 2.06 bits per heavy atom. The predicted molar refractivity (Wildman–Crippen MR) is 61.7 cm³/mol. The zero-order valence-corrected chi connectivity index (χ0v) is 10.2. The molecule has 0 aromatic rings. The number of nitrogens with zero attached hydrogens (tertiary/aromatic N) is 2. The van der Waals surface area contributed by atoms with Gasteiger partial charge in [-0.15, -0.1) is 0 Å². The Morgan fingerprint density at radius 2 is 1.71 bits per heavy atom. The molecule has 0 bridgehead atoms. The minimum absolute atomic E-state index is 0.240. The Balaban J connectivity index is 2.40. The first-order chi connectivity index (χ1) is 8.05. The summed E-state index contributed by atoms with van der Waals surface area (Å²) in [7, 11) is 0. The molecule has 0 N–H and O–H groups in total. The van der Waals surface area contributed by atoms with Crippen molar-refractivity contribution in [1.82, 2.24) is 4.90 Å². The summed E-state index contributed by atoms with van der Waals surface area (Å²) < 4.78 is 0. The van der Waals surface area contributed by atoms with Gasteiger partial charge in [-0.1, -0.05) is 6.92 Å². The van der Waals surface area contributed by atoms with Gasteiger partial charge in [-0.05, 0) is 39.0 Å². The van der Waals surface area contributed by atoms with Crippen molar-refractivity contribution in [3.05, 3.63) is 11.1 Å². The largest absolute Gasteiger partial charge is 0.269 e. The van der Waals surface area contributed by atoms with E-state index in [-0.39, 0.29) is 11.8 Å².